The van der Waals surface area contributed by atoms with E-state index in [9.17, 15) is 9.59 Å². The van der Waals surface area contributed by atoms with Crippen LogP contribution in [0.5, 0.6) is 0 Å². The summed E-state index contributed by atoms with van der Waals surface area (Å²) in [6.45, 7) is 7.04. The standard InChI is InChI=1S/C19H29N3O2/c1-3-20-17(23)15-21(4-2)18(16-11-7-5-8-12-16)19(24)22-13-9-6-10-14-22/h5,7-8,11-12,18H,3-4,6,9-10,13-15H2,1-2H3,(H,20,23)/t18-/m0/s1. The molecule has 0 aromatic heterocycles. The van der Waals surface area contributed by atoms with E-state index in [0.717, 1.165) is 31.5 Å². The number of carbonyl (C=O) groups excluding carboxylic acids is 2. The maximum Gasteiger partial charge on any atom is 0.244 e. The molecule has 5 heteroatoms. The molecule has 24 heavy (non-hydrogen) atoms. The van der Waals surface area contributed by atoms with Crippen LogP contribution in [-0.2, 0) is 9.59 Å². The third kappa shape index (κ3) is 4.81. The number of rotatable bonds is 7. The van der Waals surface area contributed by atoms with E-state index in [1.54, 1.807) is 0 Å². The van der Waals surface area contributed by atoms with Gasteiger partial charge in [-0.25, -0.2) is 0 Å². The summed E-state index contributed by atoms with van der Waals surface area (Å²) in [5.74, 6) is 0.0822. The largest absolute Gasteiger partial charge is 0.355 e. The Morgan fingerprint density at radius 2 is 1.79 bits per heavy atom. The van der Waals surface area contributed by atoms with Crippen molar-refractivity contribution in [3.8, 4) is 0 Å². The molecular weight excluding hydrogens is 302 g/mol. The van der Waals surface area contributed by atoms with Gasteiger partial charge in [0, 0.05) is 19.6 Å². The minimum Gasteiger partial charge on any atom is -0.355 e. The molecule has 0 spiro atoms. The fourth-order valence-corrected chi connectivity index (χ4v) is 3.26. The highest BCUT2D eigenvalue weighted by Gasteiger charge is 2.32. The number of likely N-dealkylation sites (N-methyl/N-ethyl adjacent to an activating group) is 2. The van der Waals surface area contributed by atoms with E-state index in [1.165, 1.54) is 6.42 Å². The average molecular weight is 331 g/mol. The first kappa shape index (κ1) is 18.5. The van der Waals surface area contributed by atoms with E-state index in [-0.39, 0.29) is 18.4 Å². The Kier molecular flexibility index (Phi) is 7.25. The van der Waals surface area contributed by atoms with Crippen LogP contribution in [0, 0.1) is 0 Å². The Hall–Kier alpha value is -1.88. The van der Waals surface area contributed by atoms with E-state index in [0.29, 0.717) is 13.1 Å². The number of benzene rings is 1. The fourth-order valence-electron chi connectivity index (χ4n) is 3.26. The second-order valence-electron chi connectivity index (χ2n) is 6.22. The first-order valence-electron chi connectivity index (χ1n) is 9.01. The van der Waals surface area contributed by atoms with Crippen molar-refractivity contribution < 1.29 is 9.59 Å². The zero-order valence-corrected chi connectivity index (χ0v) is 14.8. The van der Waals surface area contributed by atoms with Gasteiger partial charge < -0.3 is 10.2 Å². The molecule has 1 N–H and O–H groups in total. The van der Waals surface area contributed by atoms with Crippen molar-refractivity contribution >= 4 is 11.8 Å². The molecule has 0 unspecified atom stereocenters. The topological polar surface area (TPSA) is 52.7 Å². The number of carbonyl (C=O) groups is 2. The average Bonchev–Trinajstić information content (AvgIpc) is 2.63. The molecule has 1 saturated heterocycles. The van der Waals surface area contributed by atoms with Gasteiger partial charge in [0.1, 0.15) is 6.04 Å². The van der Waals surface area contributed by atoms with E-state index in [2.05, 4.69) is 5.32 Å². The lowest BCUT2D eigenvalue weighted by Crippen LogP contribution is -2.47. The highest BCUT2D eigenvalue weighted by molar-refractivity contribution is 5.85. The highest BCUT2D eigenvalue weighted by Crippen LogP contribution is 2.24. The Bertz CT molecular complexity index is 527. The highest BCUT2D eigenvalue weighted by atomic mass is 16.2. The lowest BCUT2D eigenvalue weighted by molar-refractivity contribution is -0.139. The molecule has 0 bridgehead atoms. The van der Waals surface area contributed by atoms with Crippen molar-refractivity contribution in [3.05, 3.63) is 35.9 Å². The number of nitrogens with one attached hydrogen (secondary N) is 1. The third-order valence-electron chi connectivity index (χ3n) is 4.51. The molecule has 0 radical (unpaired) electrons. The van der Waals surface area contributed by atoms with Crippen LogP contribution < -0.4 is 5.32 Å². The molecule has 1 fully saturated rings. The van der Waals surface area contributed by atoms with Crippen LogP contribution in [0.15, 0.2) is 30.3 Å². The summed E-state index contributed by atoms with van der Waals surface area (Å²) in [6.07, 6.45) is 3.32. The fraction of sp³-hybridized carbons (Fsp3) is 0.579. The Balaban J connectivity index is 2.23. The summed E-state index contributed by atoms with van der Waals surface area (Å²) in [5.41, 5.74) is 0.958. The van der Waals surface area contributed by atoms with Crippen molar-refractivity contribution in [2.45, 2.75) is 39.2 Å². The molecule has 1 aliphatic rings. The zero-order chi connectivity index (χ0) is 17.4. The smallest absolute Gasteiger partial charge is 0.244 e. The van der Waals surface area contributed by atoms with E-state index in [4.69, 9.17) is 0 Å². The number of hydrogen-bond acceptors (Lipinski definition) is 3. The van der Waals surface area contributed by atoms with E-state index in [1.807, 2.05) is 54.0 Å². The second kappa shape index (κ2) is 9.42. The predicted octanol–water partition coefficient (Wildman–Crippen LogP) is 2.20. The maximum atomic E-state index is 13.2. The number of hydrogen-bond donors (Lipinski definition) is 1. The maximum absolute atomic E-state index is 13.2. The lowest BCUT2D eigenvalue weighted by Gasteiger charge is -2.35. The molecule has 0 saturated carbocycles. The van der Waals surface area contributed by atoms with Crippen molar-refractivity contribution in [2.75, 3.05) is 32.7 Å². The van der Waals surface area contributed by atoms with Crippen LogP contribution in [0.25, 0.3) is 0 Å². The summed E-state index contributed by atoms with van der Waals surface area (Å²) < 4.78 is 0. The van der Waals surface area contributed by atoms with Crippen molar-refractivity contribution in [3.63, 3.8) is 0 Å². The molecule has 2 rings (SSSR count). The van der Waals surface area contributed by atoms with Crippen LogP contribution in [0.2, 0.25) is 0 Å². The molecule has 2 amide bonds. The van der Waals surface area contributed by atoms with Gasteiger partial charge in [-0.15, -0.1) is 0 Å². The van der Waals surface area contributed by atoms with Gasteiger partial charge in [0.05, 0.1) is 6.54 Å². The molecule has 5 nitrogen and oxygen atoms in total. The Labute approximate surface area is 145 Å². The van der Waals surface area contributed by atoms with Crippen LogP contribution in [0.3, 0.4) is 0 Å². The molecule has 1 aromatic rings. The van der Waals surface area contributed by atoms with E-state index >= 15 is 0 Å². The lowest BCUT2D eigenvalue weighted by atomic mass is 10.0. The molecule has 1 atom stereocenters. The van der Waals surface area contributed by atoms with Gasteiger partial charge in [-0.3, -0.25) is 14.5 Å². The van der Waals surface area contributed by atoms with Crippen molar-refractivity contribution in [1.29, 1.82) is 0 Å². The second-order valence-corrected chi connectivity index (χ2v) is 6.22. The number of likely N-dealkylation sites (tertiary alicyclic amines) is 1. The molecule has 1 heterocycles. The van der Waals surface area contributed by atoms with Gasteiger partial charge in [0.2, 0.25) is 11.8 Å². The summed E-state index contributed by atoms with van der Waals surface area (Å²) in [7, 11) is 0. The van der Waals surface area contributed by atoms with Gasteiger partial charge in [-0.2, -0.15) is 0 Å². The SMILES string of the molecule is CCNC(=O)CN(CC)[C@H](C(=O)N1CCCCC1)c1ccccc1. The molecule has 1 aromatic carbocycles. The van der Waals surface area contributed by atoms with Crippen molar-refractivity contribution in [2.24, 2.45) is 0 Å². The Morgan fingerprint density at radius 3 is 2.38 bits per heavy atom. The van der Waals surface area contributed by atoms with Gasteiger partial charge >= 0.3 is 0 Å². The normalized spacial score (nSPS) is 16.0. The van der Waals surface area contributed by atoms with Crippen LogP contribution in [0.4, 0.5) is 0 Å². The first-order valence-corrected chi connectivity index (χ1v) is 9.01. The number of nitrogens with zero attached hydrogens (tertiary/aromatic N) is 2. The summed E-state index contributed by atoms with van der Waals surface area (Å²) in [6, 6.07) is 9.42. The summed E-state index contributed by atoms with van der Waals surface area (Å²) in [4.78, 5) is 29.2. The minimum atomic E-state index is -0.392. The molecule has 132 valence electrons. The predicted molar refractivity (Wildman–Crippen MR) is 95.5 cm³/mol. The quantitative estimate of drug-likeness (QED) is 0.833. The zero-order valence-electron chi connectivity index (χ0n) is 14.8. The summed E-state index contributed by atoms with van der Waals surface area (Å²) in [5, 5.41) is 2.83. The molecule has 1 aliphatic heterocycles. The molecule has 0 aliphatic carbocycles. The number of piperidine rings is 1. The van der Waals surface area contributed by atoms with Gasteiger partial charge in [0.25, 0.3) is 0 Å². The number of amides is 2. The van der Waals surface area contributed by atoms with Gasteiger partial charge in [0.15, 0.2) is 0 Å². The monoisotopic (exact) mass is 331 g/mol. The van der Waals surface area contributed by atoms with Gasteiger partial charge in [-0.05, 0) is 38.3 Å². The first-order chi connectivity index (χ1) is 11.7. The van der Waals surface area contributed by atoms with Crippen LogP contribution >= 0.6 is 0 Å². The minimum absolute atomic E-state index is 0.0354. The van der Waals surface area contributed by atoms with Crippen LogP contribution in [0.1, 0.15) is 44.7 Å². The third-order valence-corrected chi connectivity index (χ3v) is 4.51. The van der Waals surface area contributed by atoms with Crippen LogP contribution in [-0.4, -0.2) is 54.3 Å². The van der Waals surface area contributed by atoms with Gasteiger partial charge in [-0.1, -0.05) is 37.3 Å². The van der Waals surface area contributed by atoms with Crippen molar-refractivity contribution in [1.82, 2.24) is 15.1 Å². The summed E-state index contributed by atoms with van der Waals surface area (Å²) >= 11 is 0. The Morgan fingerprint density at radius 1 is 1.12 bits per heavy atom. The van der Waals surface area contributed by atoms with E-state index < -0.39 is 6.04 Å². The molecular formula is C19H29N3O2.